The summed E-state index contributed by atoms with van der Waals surface area (Å²) in [5.74, 6) is 0.0523. The minimum Gasteiger partial charge on any atom is -0.494 e. The third-order valence-corrected chi connectivity index (χ3v) is 5.23. The van der Waals surface area contributed by atoms with Crippen LogP contribution in [0.2, 0.25) is 0 Å². The number of halogens is 1. The Morgan fingerprint density at radius 2 is 1.83 bits per heavy atom. The summed E-state index contributed by atoms with van der Waals surface area (Å²) in [5.41, 5.74) is 1.95. The van der Waals surface area contributed by atoms with Crippen LogP contribution in [0.5, 0.6) is 5.75 Å². The van der Waals surface area contributed by atoms with Crippen molar-refractivity contribution in [2.24, 2.45) is 0 Å². The highest BCUT2D eigenvalue weighted by Crippen LogP contribution is 2.26. The van der Waals surface area contributed by atoms with Gasteiger partial charge in [0.2, 0.25) is 15.9 Å². The molecule has 10 heteroatoms. The second-order valence-electron chi connectivity index (χ2n) is 6.44. The molecule has 3 aromatic rings. The van der Waals surface area contributed by atoms with Crippen LogP contribution in [0.15, 0.2) is 53.9 Å². The Hall–Kier alpha value is -2.98. The fourth-order valence-electron chi connectivity index (χ4n) is 2.52. The summed E-state index contributed by atoms with van der Waals surface area (Å²) in [5, 5.41) is 5.04. The SMILES string of the molecule is CS(=O)(=O)Nc1ccc(-c2csc(NC(=O)CCCOc3ccc(F)cc3)n2)cc1. The van der Waals surface area contributed by atoms with Crippen LogP contribution in [0.3, 0.4) is 0 Å². The van der Waals surface area contributed by atoms with Gasteiger partial charge in [-0.15, -0.1) is 11.3 Å². The van der Waals surface area contributed by atoms with E-state index >= 15 is 0 Å². The number of ether oxygens (including phenoxy) is 1. The summed E-state index contributed by atoms with van der Waals surface area (Å²) >= 11 is 1.30. The van der Waals surface area contributed by atoms with Crippen LogP contribution in [0.4, 0.5) is 15.2 Å². The van der Waals surface area contributed by atoms with Crippen LogP contribution in [0, 0.1) is 5.82 Å². The molecule has 1 heterocycles. The first-order chi connectivity index (χ1) is 14.3. The van der Waals surface area contributed by atoms with E-state index in [0.717, 1.165) is 11.8 Å². The molecule has 0 aliphatic rings. The van der Waals surface area contributed by atoms with Gasteiger partial charge in [-0.25, -0.2) is 17.8 Å². The van der Waals surface area contributed by atoms with Gasteiger partial charge >= 0.3 is 0 Å². The Balaban J connectivity index is 1.46. The van der Waals surface area contributed by atoms with E-state index in [1.165, 1.54) is 35.6 Å². The first kappa shape index (κ1) is 21.7. The highest BCUT2D eigenvalue weighted by atomic mass is 32.2. The zero-order chi connectivity index (χ0) is 21.6. The van der Waals surface area contributed by atoms with E-state index in [9.17, 15) is 17.6 Å². The molecule has 0 unspecified atom stereocenters. The molecule has 0 aliphatic carbocycles. The van der Waals surface area contributed by atoms with Crippen molar-refractivity contribution in [2.75, 3.05) is 22.9 Å². The molecule has 0 aliphatic heterocycles. The number of thiazole rings is 1. The smallest absolute Gasteiger partial charge is 0.229 e. The number of benzene rings is 2. The van der Waals surface area contributed by atoms with Gasteiger partial charge in [0.15, 0.2) is 5.13 Å². The van der Waals surface area contributed by atoms with E-state index in [1.54, 1.807) is 24.3 Å². The van der Waals surface area contributed by atoms with E-state index in [-0.39, 0.29) is 18.1 Å². The predicted octanol–water partition coefficient (Wildman–Crippen LogP) is 4.12. The molecule has 0 saturated heterocycles. The number of aromatic nitrogens is 1. The molecular weight excluding hydrogens is 429 g/mol. The van der Waals surface area contributed by atoms with Crippen LogP contribution < -0.4 is 14.8 Å². The molecule has 0 radical (unpaired) electrons. The quantitative estimate of drug-likeness (QED) is 0.479. The Morgan fingerprint density at radius 3 is 2.50 bits per heavy atom. The van der Waals surface area contributed by atoms with Crippen molar-refractivity contribution in [3.8, 4) is 17.0 Å². The number of anilines is 2. The van der Waals surface area contributed by atoms with Gasteiger partial charge in [0.1, 0.15) is 11.6 Å². The Labute approximate surface area is 178 Å². The van der Waals surface area contributed by atoms with Gasteiger partial charge < -0.3 is 10.1 Å². The lowest BCUT2D eigenvalue weighted by Crippen LogP contribution is -2.12. The number of nitrogens with one attached hydrogen (secondary N) is 2. The molecule has 0 fully saturated rings. The topological polar surface area (TPSA) is 97.4 Å². The third kappa shape index (κ3) is 6.82. The fraction of sp³-hybridized carbons (Fsp3) is 0.200. The molecule has 3 rings (SSSR count). The normalized spacial score (nSPS) is 11.1. The molecule has 1 aromatic heterocycles. The standard InChI is InChI=1S/C20H20FN3O4S2/c1-30(26,27)24-16-8-4-14(5-9-16)18-13-29-20(22-18)23-19(25)3-2-12-28-17-10-6-15(21)7-11-17/h4-11,13,24H,2-3,12H2,1H3,(H,22,23,25). The van der Waals surface area contributed by atoms with Gasteiger partial charge in [-0.2, -0.15) is 0 Å². The Morgan fingerprint density at radius 1 is 1.13 bits per heavy atom. The number of sulfonamides is 1. The molecule has 30 heavy (non-hydrogen) atoms. The Bertz CT molecular complexity index is 1100. The van der Waals surface area contributed by atoms with Crippen LogP contribution in [-0.2, 0) is 14.8 Å². The highest BCUT2D eigenvalue weighted by molar-refractivity contribution is 7.92. The highest BCUT2D eigenvalue weighted by Gasteiger charge is 2.09. The number of amides is 1. The number of rotatable bonds is 9. The van der Waals surface area contributed by atoms with Crippen molar-refractivity contribution in [2.45, 2.75) is 12.8 Å². The van der Waals surface area contributed by atoms with Gasteiger partial charge in [-0.05, 0) is 42.8 Å². The molecule has 2 N–H and O–H groups in total. The van der Waals surface area contributed by atoms with E-state index < -0.39 is 10.0 Å². The zero-order valence-corrected chi connectivity index (χ0v) is 17.7. The van der Waals surface area contributed by atoms with Crippen molar-refractivity contribution >= 4 is 38.1 Å². The summed E-state index contributed by atoms with van der Waals surface area (Å²) < 4.78 is 43.2. The van der Waals surface area contributed by atoms with Crippen molar-refractivity contribution in [1.29, 1.82) is 0 Å². The second kappa shape index (κ2) is 9.68. The van der Waals surface area contributed by atoms with Gasteiger partial charge in [-0.1, -0.05) is 12.1 Å². The van der Waals surface area contributed by atoms with Crippen LogP contribution in [0.1, 0.15) is 12.8 Å². The average molecular weight is 450 g/mol. The number of carbonyl (C=O) groups excluding carboxylic acids is 1. The molecule has 0 spiro atoms. The molecule has 0 saturated carbocycles. The molecule has 0 atom stereocenters. The molecule has 7 nitrogen and oxygen atoms in total. The van der Waals surface area contributed by atoms with Crippen LogP contribution >= 0.6 is 11.3 Å². The number of hydrogen-bond acceptors (Lipinski definition) is 6. The van der Waals surface area contributed by atoms with Crippen molar-refractivity contribution in [1.82, 2.24) is 4.98 Å². The van der Waals surface area contributed by atoms with Gasteiger partial charge in [0.05, 0.1) is 18.6 Å². The molecule has 1 amide bonds. The van der Waals surface area contributed by atoms with Crippen molar-refractivity contribution in [3.63, 3.8) is 0 Å². The number of hydrogen-bond donors (Lipinski definition) is 2. The lowest BCUT2D eigenvalue weighted by Gasteiger charge is -2.06. The lowest BCUT2D eigenvalue weighted by atomic mass is 10.1. The minimum atomic E-state index is -3.33. The van der Waals surface area contributed by atoms with Crippen molar-refractivity contribution in [3.05, 3.63) is 59.7 Å². The van der Waals surface area contributed by atoms with Gasteiger partial charge in [-0.3, -0.25) is 9.52 Å². The summed E-state index contributed by atoms with van der Waals surface area (Å²) in [7, 11) is -3.33. The van der Waals surface area contributed by atoms with E-state index in [0.29, 0.717) is 35.3 Å². The predicted molar refractivity (Wildman–Crippen MR) is 116 cm³/mol. The summed E-state index contributed by atoms with van der Waals surface area (Å²) in [6.07, 6.45) is 1.86. The second-order valence-corrected chi connectivity index (χ2v) is 9.05. The lowest BCUT2D eigenvalue weighted by molar-refractivity contribution is -0.116. The number of carbonyl (C=O) groups is 1. The fourth-order valence-corrected chi connectivity index (χ4v) is 3.82. The molecule has 0 bridgehead atoms. The summed E-state index contributed by atoms with van der Waals surface area (Å²) in [6, 6.07) is 12.5. The van der Waals surface area contributed by atoms with Gasteiger partial charge in [0.25, 0.3) is 0 Å². The van der Waals surface area contributed by atoms with Crippen LogP contribution in [0.25, 0.3) is 11.3 Å². The largest absolute Gasteiger partial charge is 0.494 e. The maximum absolute atomic E-state index is 12.8. The van der Waals surface area contributed by atoms with E-state index in [4.69, 9.17) is 4.74 Å². The average Bonchev–Trinajstić information content (AvgIpc) is 3.14. The maximum atomic E-state index is 12.8. The molecular formula is C20H20FN3O4S2. The first-order valence-corrected chi connectivity index (χ1v) is 11.8. The van der Waals surface area contributed by atoms with E-state index in [1.807, 2.05) is 5.38 Å². The van der Waals surface area contributed by atoms with Crippen LogP contribution in [-0.4, -0.2) is 32.2 Å². The van der Waals surface area contributed by atoms with Gasteiger partial charge in [0, 0.05) is 23.1 Å². The third-order valence-electron chi connectivity index (χ3n) is 3.86. The molecule has 158 valence electrons. The summed E-state index contributed by atoms with van der Waals surface area (Å²) in [4.78, 5) is 16.5. The monoisotopic (exact) mass is 449 g/mol. The zero-order valence-electron chi connectivity index (χ0n) is 16.1. The minimum absolute atomic E-state index is 0.175. The maximum Gasteiger partial charge on any atom is 0.229 e. The van der Waals surface area contributed by atoms with E-state index in [2.05, 4.69) is 15.0 Å². The van der Waals surface area contributed by atoms with Crippen molar-refractivity contribution < 1.29 is 22.3 Å². The molecule has 2 aromatic carbocycles. The first-order valence-electron chi connectivity index (χ1n) is 9.00. The summed E-state index contributed by atoms with van der Waals surface area (Å²) in [6.45, 7) is 0.343. The Kier molecular flexibility index (Phi) is 7.01. The number of nitrogens with zero attached hydrogens (tertiary/aromatic N) is 1.